The first-order valence-electron chi connectivity index (χ1n) is 11.0. The molecule has 0 aliphatic carbocycles. The SMILES string of the molecule is COCCCSc1ccc(-c2ccccc2/C(N)=N/NN)cc1NC(=O)Cc1ccc(C)cc1. The van der Waals surface area contributed by atoms with E-state index < -0.39 is 0 Å². The smallest absolute Gasteiger partial charge is 0.228 e. The quantitative estimate of drug-likeness (QED) is 0.0827. The van der Waals surface area contributed by atoms with Crippen molar-refractivity contribution in [3.05, 3.63) is 83.4 Å². The van der Waals surface area contributed by atoms with Crippen LogP contribution in [0.3, 0.4) is 0 Å². The largest absolute Gasteiger partial charge is 0.385 e. The van der Waals surface area contributed by atoms with E-state index in [0.29, 0.717) is 13.0 Å². The number of nitrogens with zero attached hydrogens (tertiary/aromatic N) is 1. The van der Waals surface area contributed by atoms with Gasteiger partial charge in [0.25, 0.3) is 0 Å². The molecule has 0 radical (unpaired) electrons. The van der Waals surface area contributed by atoms with Crippen LogP contribution in [0.2, 0.25) is 0 Å². The van der Waals surface area contributed by atoms with E-state index in [2.05, 4.69) is 16.0 Å². The Hall–Kier alpha value is -3.33. The first-order chi connectivity index (χ1) is 16.5. The van der Waals surface area contributed by atoms with E-state index in [0.717, 1.165) is 50.6 Å². The number of methoxy groups -OCH3 is 1. The first-order valence-corrected chi connectivity index (χ1v) is 12.0. The molecule has 0 saturated carbocycles. The Morgan fingerprint density at radius 1 is 1.09 bits per heavy atom. The average Bonchev–Trinajstić information content (AvgIpc) is 2.84. The topological polar surface area (TPSA) is 115 Å². The summed E-state index contributed by atoms with van der Waals surface area (Å²) in [7, 11) is 1.70. The van der Waals surface area contributed by atoms with Crippen molar-refractivity contribution in [1.82, 2.24) is 5.53 Å². The summed E-state index contributed by atoms with van der Waals surface area (Å²) in [6.45, 7) is 2.72. The van der Waals surface area contributed by atoms with Crippen LogP contribution >= 0.6 is 11.8 Å². The Kier molecular flexibility index (Phi) is 9.51. The summed E-state index contributed by atoms with van der Waals surface area (Å²) in [5.41, 5.74) is 13.8. The number of amides is 1. The van der Waals surface area contributed by atoms with Gasteiger partial charge in [-0.15, -0.1) is 16.9 Å². The summed E-state index contributed by atoms with van der Waals surface area (Å²) in [5, 5.41) is 7.03. The zero-order valence-electron chi connectivity index (χ0n) is 19.5. The second-order valence-electron chi connectivity index (χ2n) is 7.79. The monoisotopic (exact) mass is 477 g/mol. The van der Waals surface area contributed by atoms with Crippen LogP contribution in [0.15, 0.2) is 76.7 Å². The van der Waals surface area contributed by atoms with Crippen molar-refractivity contribution in [3.8, 4) is 11.1 Å². The highest BCUT2D eigenvalue weighted by molar-refractivity contribution is 7.99. The number of thioether (sulfide) groups is 1. The summed E-state index contributed by atoms with van der Waals surface area (Å²) in [4.78, 5) is 13.9. The molecule has 8 heteroatoms. The number of aryl methyl sites for hydroxylation is 1. The third kappa shape index (κ3) is 7.08. The van der Waals surface area contributed by atoms with Crippen molar-refractivity contribution in [1.29, 1.82) is 0 Å². The normalized spacial score (nSPS) is 11.3. The molecule has 0 fully saturated rings. The Bertz CT molecular complexity index is 1130. The fraction of sp³-hybridized carbons (Fsp3) is 0.231. The maximum atomic E-state index is 12.9. The van der Waals surface area contributed by atoms with Gasteiger partial charge in [0.05, 0.1) is 12.1 Å². The fourth-order valence-corrected chi connectivity index (χ4v) is 4.39. The van der Waals surface area contributed by atoms with E-state index in [9.17, 15) is 4.79 Å². The predicted molar refractivity (Wildman–Crippen MR) is 141 cm³/mol. The average molecular weight is 478 g/mol. The fourth-order valence-electron chi connectivity index (χ4n) is 3.48. The number of benzene rings is 3. The van der Waals surface area contributed by atoms with E-state index in [-0.39, 0.29) is 11.7 Å². The van der Waals surface area contributed by atoms with Gasteiger partial charge in [0, 0.05) is 29.9 Å². The molecule has 0 bridgehead atoms. The predicted octanol–water partition coefficient (Wildman–Crippen LogP) is 4.06. The lowest BCUT2D eigenvalue weighted by Gasteiger charge is -2.15. The first kappa shape index (κ1) is 25.3. The second kappa shape index (κ2) is 12.8. The molecule has 0 aliphatic rings. The molecule has 3 aromatic rings. The van der Waals surface area contributed by atoms with Gasteiger partial charge >= 0.3 is 0 Å². The summed E-state index contributed by atoms with van der Waals surface area (Å²) in [6.07, 6.45) is 1.22. The number of hydrazine groups is 1. The summed E-state index contributed by atoms with van der Waals surface area (Å²) in [6, 6.07) is 21.7. The Balaban J connectivity index is 1.90. The molecule has 0 saturated heterocycles. The minimum atomic E-state index is -0.0681. The highest BCUT2D eigenvalue weighted by atomic mass is 32.2. The van der Waals surface area contributed by atoms with Gasteiger partial charge < -0.3 is 15.8 Å². The molecule has 0 heterocycles. The third-order valence-electron chi connectivity index (χ3n) is 5.19. The van der Waals surface area contributed by atoms with Crippen LogP contribution in [0.25, 0.3) is 11.1 Å². The summed E-state index contributed by atoms with van der Waals surface area (Å²) in [5.74, 6) is 6.41. The van der Waals surface area contributed by atoms with Crippen molar-refractivity contribution in [3.63, 3.8) is 0 Å². The van der Waals surface area contributed by atoms with Crippen molar-refractivity contribution in [2.24, 2.45) is 16.7 Å². The van der Waals surface area contributed by atoms with E-state index in [4.69, 9.17) is 16.3 Å². The molecule has 1 amide bonds. The number of carbonyl (C=O) groups is 1. The van der Waals surface area contributed by atoms with Gasteiger partial charge in [0.15, 0.2) is 5.84 Å². The van der Waals surface area contributed by atoms with E-state index in [1.165, 1.54) is 0 Å². The van der Waals surface area contributed by atoms with Crippen molar-refractivity contribution in [2.45, 2.75) is 24.7 Å². The molecule has 0 atom stereocenters. The van der Waals surface area contributed by atoms with Crippen LogP contribution in [-0.2, 0) is 16.0 Å². The Labute approximate surface area is 204 Å². The summed E-state index contributed by atoms with van der Waals surface area (Å²) >= 11 is 1.69. The maximum absolute atomic E-state index is 12.9. The number of rotatable bonds is 11. The molecule has 3 aromatic carbocycles. The molecular weight excluding hydrogens is 446 g/mol. The number of hydrazone groups is 1. The van der Waals surface area contributed by atoms with Crippen LogP contribution in [0.4, 0.5) is 5.69 Å². The standard InChI is InChI=1S/C26H31N5O2S/c1-18-8-10-19(11-9-18)16-25(32)29-23-17-20(12-13-24(23)34-15-5-14-33-2)21-6-3-4-7-22(21)26(27)30-31-28/h3-4,6-13,17,31H,5,14-16,28H2,1-2H3,(H2,27,30)(H,29,32). The van der Waals surface area contributed by atoms with Gasteiger partial charge in [-0.2, -0.15) is 0 Å². The van der Waals surface area contributed by atoms with Crippen LogP contribution in [0, 0.1) is 6.92 Å². The Morgan fingerprint density at radius 3 is 2.59 bits per heavy atom. The van der Waals surface area contributed by atoms with Gasteiger partial charge in [0.2, 0.25) is 5.91 Å². The molecule has 178 valence electrons. The lowest BCUT2D eigenvalue weighted by atomic mass is 9.98. The molecule has 0 aliphatic heterocycles. The van der Waals surface area contributed by atoms with Crippen LogP contribution in [0.5, 0.6) is 0 Å². The molecule has 34 heavy (non-hydrogen) atoms. The maximum Gasteiger partial charge on any atom is 0.228 e. The van der Waals surface area contributed by atoms with Crippen LogP contribution < -0.4 is 22.4 Å². The molecule has 0 unspecified atom stereocenters. The van der Waals surface area contributed by atoms with E-state index in [1.807, 2.05) is 73.7 Å². The highest BCUT2D eigenvalue weighted by Gasteiger charge is 2.13. The number of nitrogens with one attached hydrogen (secondary N) is 2. The highest BCUT2D eigenvalue weighted by Crippen LogP contribution is 2.34. The lowest BCUT2D eigenvalue weighted by molar-refractivity contribution is -0.115. The van der Waals surface area contributed by atoms with Crippen molar-refractivity contribution in [2.75, 3.05) is 24.8 Å². The van der Waals surface area contributed by atoms with Crippen LogP contribution in [0.1, 0.15) is 23.1 Å². The minimum Gasteiger partial charge on any atom is -0.385 e. The third-order valence-corrected chi connectivity index (χ3v) is 6.35. The second-order valence-corrected chi connectivity index (χ2v) is 8.92. The zero-order valence-corrected chi connectivity index (χ0v) is 20.3. The number of amidine groups is 1. The van der Waals surface area contributed by atoms with E-state index in [1.54, 1.807) is 18.9 Å². The van der Waals surface area contributed by atoms with Gasteiger partial charge in [-0.3, -0.25) is 4.79 Å². The lowest BCUT2D eigenvalue weighted by Crippen LogP contribution is -2.23. The molecule has 6 N–H and O–H groups in total. The van der Waals surface area contributed by atoms with Gasteiger partial charge in [-0.05, 0) is 42.2 Å². The number of anilines is 1. The molecule has 0 spiro atoms. The Morgan fingerprint density at radius 2 is 1.85 bits per heavy atom. The minimum absolute atomic E-state index is 0.0681. The van der Waals surface area contributed by atoms with Crippen molar-refractivity contribution >= 4 is 29.2 Å². The molecular formula is C26H31N5O2S. The number of hydrogen-bond acceptors (Lipinski definition) is 6. The van der Waals surface area contributed by atoms with Gasteiger partial charge in [0.1, 0.15) is 0 Å². The van der Waals surface area contributed by atoms with E-state index >= 15 is 0 Å². The zero-order chi connectivity index (χ0) is 24.3. The summed E-state index contributed by atoms with van der Waals surface area (Å²) < 4.78 is 5.16. The molecule has 3 rings (SSSR count). The number of nitrogens with two attached hydrogens (primary N) is 2. The number of hydrogen-bond donors (Lipinski definition) is 4. The number of carbonyl (C=O) groups excluding carboxylic acids is 1. The van der Waals surface area contributed by atoms with Crippen molar-refractivity contribution < 1.29 is 9.53 Å². The molecule has 7 nitrogen and oxygen atoms in total. The van der Waals surface area contributed by atoms with Gasteiger partial charge in [-0.1, -0.05) is 60.2 Å². The molecule has 0 aromatic heterocycles. The van der Waals surface area contributed by atoms with Gasteiger partial charge in [-0.25, -0.2) is 11.4 Å². The van der Waals surface area contributed by atoms with Crippen LogP contribution in [-0.4, -0.2) is 31.2 Å². The number of ether oxygens (including phenoxy) is 1.